The van der Waals surface area contributed by atoms with Crippen molar-refractivity contribution in [3.8, 4) is 0 Å². The number of hydrogen-bond donors (Lipinski definition) is 2. The molecule has 3 heterocycles. The summed E-state index contributed by atoms with van der Waals surface area (Å²) >= 11 is 1.51. The van der Waals surface area contributed by atoms with Gasteiger partial charge in [-0.25, -0.2) is 9.97 Å². The average molecular weight is 331 g/mol. The second-order valence-corrected chi connectivity index (χ2v) is 6.61. The van der Waals surface area contributed by atoms with E-state index >= 15 is 0 Å². The number of nitrogen functional groups attached to an aromatic ring is 1. The van der Waals surface area contributed by atoms with E-state index in [-0.39, 0.29) is 5.56 Å². The zero-order valence-electron chi connectivity index (χ0n) is 13.2. The summed E-state index contributed by atoms with van der Waals surface area (Å²) in [4.78, 5) is 24.9. The molecule has 122 valence electrons. The number of nitrogens with two attached hydrogens (primary N) is 1. The third-order valence-electron chi connectivity index (χ3n) is 4.21. The summed E-state index contributed by atoms with van der Waals surface area (Å²) in [5.41, 5.74) is 7.01. The maximum absolute atomic E-state index is 11.1. The lowest BCUT2D eigenvalue weighted by Gasteiger charge is -2.33. The van der Waals surface area contributed by atoms with Gasteiger partial charge in [-0.3, -0.25) is 4.79 Å². The second kappa shape index (κ2) is 7.04. The van der Waals surface area contributed by atoms with E-state index in [9.17, 15) is 4.79 Å². The van der Waals surface area contributed by atoms with E-state index in [2.05, 4.69) is 19.9 Å². The Kier molecular flexibility index (Phi) is 4.85. The average Bonchev–Trinajstić information content (AvgIpc) is 2.57. The zero-order chi connectivity index (χ0) is 16.2. The molecule has 0 amide bonds. The lowest BCUT2D eigenvalue weighted by atomic mass is 9.91. The number of rotatable bonds is 4. The Labute approximate surface area is 139 Å². The van der Waals surface area contributed by atoms with Crippen LogP contribution in [0.5, 0.6) is 0 Å². The van der Waals surface area contributed by atoms with Crippen LogP contribution in [0.3, 0.4) is 0 Å². The van der Waals surface area contributed by atoms with Crippen LogP contribution in [0.4, 0.5) is 11.6 Å². The van der Waals surface area contributed by atoms with E-state index in [0.717, 1.165) is 43.3 Å². The molecular formula is C16H21N5OS. The minimum Gasteiger partial charge on any atom is -0.383 e. The van der Waals surface area contributed by atoms with E-state index in [1.54, 1.807) is 6.07 Å². The predicted octanol–water partition coefficient (Wildman–Crippen LogP) is 1.93. The molecule has 0 radical (unpaired) electrons. The summed E-state index contributed by atoms with van der Waals surface area (Å²) in [5, 5.41) is 0.718. The van der Waals surface area contributed by atoms with Gasteiger partial charge < -0.3 is 15.6 Å². The lowest BCUT2D eigenvalue weighted by molar-refractivity contribution is 0.401. The first kappa shape index (κ1) is 15.9. The minimum atomic E-state index is -0.0467. The van der Waals surface area contributed by atoms with Crippen LogP contribution >= 0.6 is 11.8 Å². The summed E-state index contributed by atoms with van der Waals surface area (Å²) in [6, 6.07) is 5.36. The fraction of sp³-hybridized carbons (Fsp3) is 0.438. The fourth-order valence-corrected chi connectivity index (χ4v) is 3.33. The van der Waals surface area contributed by atoms with Crippen LogP contribution in [0, 0.1) is 5.92 Å². The van der Waals surface area contributed by atoms with Gasteiger partial charge in [0.1, 0.15) is 11.6 Å². The van der Waals surface area contributed by atoms with Gasteiger partial charge >= 0.3 is 0 Å². The largest absolute Gasteiger partial charge is 0.383 e. The van der Waals surface area contributed by atoms with Gasteiger partial charge in [0.2, 0.25) is 5.56 Å². The molecule has 23 heavy (non-hydrogen) atoms. The SMILES string of the molecule is CSc1nc(N)cc(N2CCC(Cc3ccc(=O)[nH]c3)CC2)n1. The maximum Gasteiger partial charge on any atom is 0.247 e. The van der Waals surface area contributed by atoms with Crippen LogP contribution in [-0.4, -0.2) is 34.3 Å². The van der Waals surface area contributed by atoms with E-state index in [0.29, 0.717) is 11.7 Å². The number of nitrogens with zero attached hydrogens (tertiary/aromatic N) is 3. The lowest BCUT2D eigenvalue weighted by Crippen LogP contribution is -2.35. The first-order valence-corrected chi connectivity index (χ1v) is 8.97. The molecule has 6 nitrogen and oxygen atoms in total. The van der Waals surface area contributed by atoms with Crippen LogP contribution in [0.1, 0.15) is 18.4 Å². The molecule has 1 aliphatic rings. The van der Waals surface area contributed by atoms with Gasteiger partial charge in [-0.2, -0.15) is 0 Å². The maximum atomic E-state index is 11.1. The molecule has 0 spiro atoms. The molecule has 3 rings (SSSR count). The van der Waals surface area contributed by atoms with Crippen LogP contribution < -0.4 is 16.2 Å². The van der Waals surface area contributed by atoms with Crippen molar-refractivity contribution >= 4 is 23.4 Å². The first-order valence-electron chi connectivity index (χ1n) is 7.75. The molecular weight excluding hydrogens is 310 g/mol. The van der Waals surface area contributed by atoms with Gasteiger partial charge in [-0.05, 0) is 37.0 Å². The van der Waals surface area contributed by atoms with E-state index < -0.39 is 0 Å². The predicted molar refractivity (Wildman–Crippen MR) is 93.9 cm³/mol. The molecule has 0 aromatic carbocycles. The van der Waals surface area contributed by atoms with Crippen LogP contribution in [0.25, 0.3) is 0 Å². The Morgan fingerprint density at radius 2 is 2.13 bits per heavy atom. The normalized spacial score (nSPS) is 15.8. The monoisotopic (exact) mass is 331 g/mol. The van der Waals surface area contributed by atoms with Crippen LogP contribution in [0.2, 0.25) is 0 Å². The molecule has 0 saturated carbocycles. The van der Waals surface area contributed by atoms with Crippen molar-refractivity contribution in [2.45, 2.75) is 24.4 Å². The van der Waals surface area contributed by atoms with E-state index in [1.807, 2.05) is 24.6 Å². The van der Waals surface area contributed by atoms with E-state index in [4.69, 9.17) is 5.73 Å². The molecule has 0 unspecified atom stereocenters. The number of H-pyrrole nitrogens is 1. The van der Waals surface area contributed by atoms with Crippen LogP contribution in [0.15, 0.2) is 34.3 Å². The number of hydrogen-bond acceptors (Lipinski definition) is 6. The Morgan fingerprint density at radius 1 is 1.35 bits per heavy atom. The summed E-state index contributed by atoms with van der Waals surface area (Å²) in [6.07, 6.45) is 7.00. The smallest absolute Gasteiger partial charge is 0.247 e. The summed E-state index contributed by atoms with van der Waals surface area (Å²) in [7, 11) is 0. The van der Waals surface area contributed by atoms with Crippen molar-refractivity contribution in [3.05, 3.63) is 40.3 Å². The Hall–Kier alpha value is -2.02. The van der Waals surface area contributed by atoms with Crippen molar-refractivity contribution in [3.63, 3.8) is 0 Å². The summed E-state index contributed by atoms with van der Waals surface area (Å²) in [5.74, 6) is 2.08. The van der Waals surface area contributed by atoms with Crippen molar-refractivity contribution in [1.82, 2.24) is 15.0 Å². The van der Waals surface area contributed by atoms with Crippen molar-refractivity contribution < 1.29 is 0 Å². The van der Waals surface area contributed by atoms with Gasteiger partial charge in [-0.1, -0.05) is 17.8 Å². The zero-order valence-corrected chi connectivity index (χ0v) is 14.0. The molecule has 0 bridgehead atoms. The molecule has 1 aliphatic heterocycles. The van der Waals surface area contributed by atoms with Gasteiger partial charge in [0.25, 0.3) is 0 Å². The van der Waals surface area contributed by atoms with Crippen molar-refractivity contribution in [2.24, 2.45) is 5.92 Å². The van der Waals surface area contributed by atoms with Crippen molar-refractivity contribution in [1.29, 1.82) is 0 Å². The molecule has 1 fully saturated rings. The van der Waals surface area contributed by atoms with Gasteiger partial charge in [-0.15, -0.1) is 0 Å². The van der Waals surface area contributed by atoms with Gasteiger partial charge in [0, 0.05) is 31.4 Å². The second-order valence-electron chi connectivity index (χ2n) is 5.83. The quantitative estimate of drug-likeness (QED) is 0.657. The number of anilines is 2. The summed E-state index contributed by atoms with van der Waals surface area (Å²) in [6.45, 7) is 1.94. The highest BCUT2D eigenvalue weighted by Crippen LogP contribution is 2.26. The molecule has 2 aromatic heterocycles. The fourth-order valence-electron chi connectivity index (χ4n) is 2.95. The molecule has 7 heteroatoms. The Bertz CT molecular complexity index is 704. The van der Waals surface area contributed by atoms with Gasteiger partial charge in [0.15, 0.2) is 5.16 Å². The van der Waals surface area contributed by atoms with Crippen molar-refractivity contribution in [2.75, 3.05) is 30.0 Å². The number of piperidine rings is 1. The van der Waals surface area contributed by atoms with E-state index in [1.165, 1.54) is 17.3 Å². The summed E-state index contributed by atoms with van der Waals surface area (Å²) < 4.78 is 0. The third kappa shape index (κ3) is 4.04. The first-order chi connectivity index (χ1) is 11.1. The highest BCUT2D eigenvalue weighted by molar-refractivity contribution is 7.98. The standard InChI is InChI=1S/C16H21N5OS/c1-23-16-19-13(17)9-14(20-16)21-6-4-11(5-7-21)8-12-2-3-15(22)18-10-12/h2-3,9-11H,4-8H2,1H3,(H,18,22)(H2,17,19,20). The number of aromatic nitrogens is 3. The highest BCUT2D eigenvalue weighted by Gasteiger charge is 2.21. The minimum absolute atomic E-state index is 0.0467. The number of thioether (sulfide) groups is 1. The number of aromatic amines is 1. The molecule has 0 aliphatic carbocycles. The molecule has 3 N–H and O–H groups in total. The molecule has 2 aromatic rings. The van der Waals surface area contributed by atoms with Gasteiger partial charge in [0.05, 0.1) is 0 Å². The number of pyridine rings is 1. The highest BCUT2D eigenvalue weighted by atomic mass is 32.2. The third-order valence-corrected chi connectivity index (χ3v) is 4.75. The molecule has 1 saturated heterocycles. The Balaban J connectivity index is 1.61. The van der Waals surface area contributed by atoms with Crippen LogP contribution in [-0.2, 0) is 6.42 Å². The molecule has 0 atom stereocenters. The Morgan fingerprint density at radius 3 is 2.78 bits per heavy atom. The topological polar surface area (TPSA) is 87.9 Å². The number of nitrogens with one attached hydrogen (secondary N) is 1.